The lowest BCUT2D eigenvalue weighted by Gasteiger charge is -2.34. The first-order chi connectivity index (χ1) is 14.2. The number of carbonyl (C=O) groups is 1. The van der Waals surface area contributed by atoms with Crippen LogP contribution in [0.4, 0.5) is 0 Å². The van der Waals surface area contributed by atoms with Crippen LogP contribution in [0.2, 0.25) is 0 Å². The molecule has 0 unspecified atom stereocenters. The van der Waals surface area contributed by atoms with E-state index in [1.54, 1.807) is 7.05 Å². The Morgan fingerprint density at radius 3 is 2.48 bits per heavy atom. The predicted octanol–water partition coefficient (Wildman–Crippen LogP) is 3.12. The smallest absolute Gasteiger partial charge is 0.251 e. The van der Waals surface area contributed by atoms with Crippen LogP contribution >= 0.6 is 0 Å². The first-order valence-corrected chi connectivity index (χ1v) is 10.5. The fraction of sp³-hybridized carbons (Fsp3) is 0.417. The van der Waals surface area contributed by atoms with Crippen LogP contribution in [0.3, 0.4) is 0 Å². The summed E-state index contributed by atoms with van der Waals surface area (Å²) in [5, 5.41) is 6.16. The maximum atomic E-state index is 11.8. The molecule has 0 aromatic heterocycles. The second-order valence-corrected chi connectivity index (χ2v) is 7.62. The number of carbonyl (C=O) groups excluding carboxylic acids is 1. The van der Waals surface area contributed by atoms with Crippen molar-refractivity contribution in [1.82, 2.24) is 15.5 Å². The summed E-state index contributed by atoms with van der Waals surface area (Å²) < 4.78 is 0. The number of benzene rings is 2. The van der Waals surface area contributed by atoms with Crippen molar-refractivity contribution in [2.45, 2.75) is 25.7 Å². The first-order valence-electron chi connectivity index (χ1n) is 10.5. The van der Waals surface area contributed by atoms with Gasteiger partial charge in [0.1, 0.15) is 0 Å². The van der Waals surface area contributed by atoms with E-state index in [0.717, 1.165) is 43.5 Å². The van der Waals surface area contributed by atoms with E-state index in [1.165, 1.54) is 24.8 Å². The van der Waals surface area contributed by atoms with Crippen molar-refractivity contribution in [3.8, 4) is 0 Å². The first kappa shape index (κ1) is 20.9. The summed E-state index contributed by atoms with van der Waals surface area (Å²) in [4.78, 5) is 18.6. The number of nitrogens with zero attached hydrogens (tertiary/aromatic N) is 2. The molecule has 1 aliphatic heterocycles. The van der Waals surface area contributed by atoms with E-state index in [0.29, 0.717) is 5.56 Å². The van der Waals surface area contributed by atoms with E-state index in [1.807, 2.05) is 25.2 Å². The van der Waals surface area contributed by atoms with Gasteiger partial charge in [-0.25, -0.2) is 0 Å². The number of likely N-dealkylation sites (tertiary alicyclic amines) is 1. The number of hydrogen-bond donors (Lipinski definition) is 2. The van der Waals surface area contributed by atoms with Crippen LogP contribution in [0.25, 0.3) is 0 Å². The lowest BCUT2D eigenvalue weighted by molar-refractivity contribution is 0.0963. The molecule has 3 rings (SSSR count). The molecule has 1 heterocycles. The average molecular weight is 393 g/mol. The lowest BCUT2D eigenvalue weighted by Crippen LogP contribution is -2.46. The van der Waals surface area contributed by atoms with Gasteiger partial charge in [-0.2, -0.15) is 0 Å². The van der Waals surface area contributed by atoms with Gasteiger partial charge in [0.25, 0.3) is 5.91 Å². The number of amides is 1. The van der Waals surface area contributed by atoms with Gasteiger partial charge in [-0.05, 0) is 54.9 Å². The van der Waals surface area contributed by atoms with Gasteiger partial charge in [-0.15, -0.1) is 0 Å². The summed E-state index contributed by atoms with van der Waals surface area (Å²) >= 11 is 0. The summed E-state index contributed by atoms with van der Waals surface area (Å²) in [5.41, 5.74) is 3.29. The van der Waals surface area contributed by atoms with Gasteiger partial charge >= 0.3 is 0 Å². The highest BCUT2D eigenvalue weighted by atomic mass is 16.1. The molecular formula is C24H32N4O. The van der Waals surface area contributed by atoms with Gasteiger partial charge in [-0.1, -0.05) is 42.5 Å². The second kappa shape index (κ2) is 10.6. The molecule has 1 fully saturated rings. The normalized spacial score (nSPS) is 15.2. The Bertz CT molecular complexity index is 811. The number of aliphatic imine (C=N–C) groups is 1. The SMILES string of the molecule is CN=C(NCCc1cccc(C(=O)NC)c1)N1CCC(Cc2ccccc2)CC1. The van der Waals surface area contributed by atoms with Crippen molar-refractivity contribution in [3.05, 3.63) is 71.3 Å². The van der Waals surface area contributed by atoms with Gasteiger partial charge in [0, 0.05) is 39.3 Å². The lowest BCUT2D eigenvalue weighted by atomic mass is 9.90. The van der Waals surface area contributed by atoms with Crippen molar-refractivity contribution in [1.29, 1.82) is 0 Å². The highest BCUT2D eigenvalue weighted by Gasteiger charge is 2.21. The Hall–Kier alpha value is -2.82. The maximum Gasteiger partial charge on any atom is 0.251 e. The highest BCUT2D eigenvalue weighted by molar-refractivity contribution is 5.94. The van der Waals surface area contributed by atoms with Crippen LogP contribution in [0.5, 0.6) is 0 Å². The Balaban J connectivity index is 1.45. The third-order valence-electron chi connectivity index (χ3n) is 5.61. The van der Waals surface area contributed by atoms with Gasteiger partial charge in [0.15, 0.2) is 5.96 Å². The minimum Gasteiger partial charge on any atom is -0.356 e. The fourth-order valence-electron chi connectivity index (χ4n) is 3.96. The molecule has 2 N–H and O–H groups in total. The van der Waals surface area contributed by atoms with Crippen molar-refractivity contribution in [2.24, 2.45) is 10.9 Å². The van der Waals surface area contributed by atoms with Crippen molar-refractivity contribution >= 4 is 11.9 Å². The number of guanidine groups is 1. The van der Waals surface area contributed by atoms with Crippen LogP contribution in [0, 0.1) is 5.92 Å². The standard InChI is InChI=1S/C24H32N4O/c1-25-23(29)22-10-6-9-20(18-22)11-14-27-24(26-2)28-15-12-21(13-16-28)17-19-7-4-3-5-8-19/h3-10,18,21H,11-17H2,1-2H3,(H,25,29)(H,26,27). The Morgan fingerprint density at radius 2 is 1.79 bits per heavy atom. The van der Waals surface area contributed by atoms with Crippen LogP contribution in [0.15, 0.2) is 59.6 Å². The summed E-state index contributed by atoms with van der Waals surface area (Å²) in [6.45, 7) is 2.89. The molecule has 0 saturated carbocycles. The zero-order chi connectivity index (χ0) is 20.5. The van der Waals surface area contributed by atoms with Crippen LogP contribution in [-0.4, -0.2) is 50.5 Å². The number of nitrogens with one attached hydrogen (secondary N) is 2. The molecule has 1 amide bonds. The molecule has 5 heteroatoms. The van der Waals surface area contributed by atoms with E-state index in [-0.39, 0.29) is 5.91 Å². The van der Waals surface area contributed by atoms with E-state index in [2.05, 4.69) is 56.9 Å². The van der Waals surface area contributed by atoms with E-state index >= 15 is 0 Å². The molecule has 154 valence electrons. The number of rotatable bonds is 6. The molecule has 5 nitrogen and oxygen atoms in total. The molecule has 0 radical (unpaired) electrons. The van der Waals surface area contributed by atoms with Gasteiger partial charge < -0.3 is 15.5 Å². The zero-order valence-electron chi connectivity index (χ0n) is 17.5. The summed E-state index contributed by atoms with van der Waals surface area (Å²) in [6.07, 6.45) is 4.42. The molecule has 1 saturated heterocycles. The Labute approximate surface area is 174 Å². The summed E-state index contributed by atoms with van der Waals surface area (Å²) in [5.74, 6) is 1.68. The molecule has 0 spiro atoms. The van der Waals surface area contributed by atoms with Crippen LogP contribution in [-0.2, 0) is 12.8 Å². The number of piperidine rings is 1. The van der Waals surface area contributed by atoms with Crippen LogP contribution < -0.4 is 10.6 Å². The van der Waals surface area contributed by atoms with Crippen molar-refractivity contribution in [2.75, 3.05) is 33.7 Å². The maximum absolute atomic E-state index is 11.8. The molecule has 0 atom stereocenters. The molecule has 29 heavy (non-hydrogen) atoms. The van der Waals surface area contributed by atoms with E-state index in [9.17, 15) is 4.79 Å². The van der Waals surface area contributed by atoms with Gasteiger partial charge in [0.2, 0.25) is 0 Å². The topological polar surface area (TPSA) is 56.7 Å². The molecule has 2 aromatic carbocycles. The molecule has 1 aliphatic rings. The number of hydrogen-bond acceptors (Lipinski definition) is 2. The summed E-state index contributed by atoms with van der Waals surface area (Å²) in [7, 11) is 3.51. The Kier molecular flexibility index (Phi) is 7.68. The van der Waals surface area contributed by atoms with Crippen molar-refractivity contribution in [3.63, 3.8) is 0 Å². The van der Waals surface area contributed by atoms with Crippen LogP contribution in [0.1, 0.15) is 34.3 Å². The average Bonchev–Trinajstić information content (AvgIpc) is 2.78. The van der Waals surface area contributed by atoms with Gasteiger partial charge in [0.05, 0.1) is 0 Å². The quantitative estimate of drug-likeness (QED) is 0.587. The third kappa shape index (κ3) is 6.08. The largest absolute Gasteiger partial charge is 0.356 e. The van der Waals surface area contributed by atoms with Crippen molar-refractivity contribution < 1.29 is 4.79 Å². The second-order valence-electron chi connectivity index (χ2n) is 7.62. The molecule has 0 bridgehead atoms. The minimum atomic E-state index is -0.0472. The van der Waals surface area contributed by atoms with Gasteiger partial charge in [-0.3, -0.25) is 9.79 Å². The van der Waals surface area contributed by atoms with E-state index in [4.69, 9.17) is 0 Å². The highest BCUT2D eigenvalue weighted by Crippen LogP contribution is 2.21. The monoisotopic (exact) mass is 392 g/mol. The predicted molar refractivity (Wildman–Crippen MR) is 119 cm³/mol. The Morgan fingerprint density at radius 1 is 1.07 bits per heavy atom. The molecule has 0 aliphatic carbocycles. The van der Waals surface area contributed by atoms with E-state index < -0.39 is 0 Å². The molecule has 2 aromatic rings. The summed E-state index contributed by atoms with van der Waals surface area (Å²) in [6, 6.07) is 18.6. The zero-order valence-corrected chi connectivity index (χ0v) is 17.5. The fourth-order valence-corrected chi connectivity index (χ4v) is 3.96. The minimum absolute atomic E-state index is 0.0472. The third-order valence-corrected chi connectivity index (χ3v) is 5.61. The molecular weight excluding hydrogens is 360 g/mol.